The molecule has 0 amide bonds. The Kier molecular flexibility index (Phi) is 7.69. The first-order valence-electron chi connectivity index (χ1n) is 12.0. The number of hydrogen-bond acceptors (Lipinski definition) is 7. The first-order valence-corrected chi connectivity index (χ1v) is 13.4. The summed E-state index contributed by atoms with van der Waals surface area (Å²) in [6.07, 6.45) is -3.24. The van der Waals surface area contributed by atoms with Crippen molar-refractivity contribution in [2.75, 3.05) is 14.2 Å². The van der Waals surface area contributed by atoms with Crippen LogP contribution in [0, 0.1) is 0 Å². The van der Waals surface area contributed by atoms with Crippen molar-refractivity contribution in [3.05, 3.63) is 82.2 Å². The van der Waals surface area contributed by atoms with Crippen molar-refractivity contribution in [2.24, 2.45) is 0 Å². The molecule has 0 saturated heterocycles. The lowest BCUT2D eigenvalue weighted by atomic mass is 10.0. The Hall–Kier alpha value is -3.71. The fourth-order valence-electron chi connectivity index (χ4n) is 4.83. The van der Waals surface area contributed by atoms with E-state index in [4.69, 9.17) is 21.1 Å². The molecule has 0 spiro atoms. The van der Waals surface area contributed by atoms with Gasteiger partial charge in [-0.05, 0) is 42.3 Å². The Morgan fingerprint density at radius 2 is 1.93 bits per heavy atom. The fraction of sp³-hybridized carbons (Fsp3) is 0.308. The van der Waals surface area contributed by atoms with Gasteiger partial charge in [-0.25, -0.2) is 0 Å². The Morgan fingerprint density at radius 3 is 2.62 bits per heavy atom. The molecule has 0 saturated carbocycles. The highest BCUT2D eigenvalue weighted by molar-refractivity contribution is 8.00. The van der Waals surface area contributed by atoms with Gasteiger partial charge in [-0.15, -0.1) is 22.0 Å². The molecule has 1 aliphatic heterocycles. The van der Waals surface area contributed by atoms with Gasteiger partial charge in [0.05, 0.1) is 36.8 Å². The standard InChI is InChI=1S/C26H23ClF3N5O4S/c1-38-19-5-3-4-16(22(19)39-2)23-17-12-14(27)6-7-18(17)35-24(32-33-25(35)26(28,29)30)20(40-23)9-11-34-15(8-10-31-34)13-21(36)37/h3-8,10,12,20,23H,9,11,13H2,1-2H3,(H,36,37). The average Bonchev–Trinajstić information content (AvgIpc) is 3.52. The molecule has 0 aliphatic carbocycles. The van der Waals surface area contributed by atoms with Crippen molar-refractivity contribution >= 4 is 29.3 Å². The SMILES string of the molecule is COc1cccc(C2SC(CCn3nccc3CC(=O)O)c3nnc(C(F)(F)F)n3-c3ccc(Cl)cc32)c1OC. The molecule has 210 valence electrons. The maximum atomic E-state index is 14.2. The Balaban J connectivity index is 1.67. The number of aliphatic carboxylic acids is 1. The number of alkyl halides is 3. The molecule has 2 aromatic carbocycles. The summed E-state index contributed by atoms with van der Waals surface area (Å²) in [4.78, 5) is 11.3. The summed E-state index contributed by atoms with van der Waals surface area (Å²) >= 11 is 7.75. The van der Waals surface area contributed by atoms with Crippen molar-refractivity contribution in [3.8, 4) is 17.2 Å². The summed E-state index contributed by atoms with van der Waals surface area (Å²) in [6, 6.07) is 11.6. The van der Waals surface area contributed by atoms with Gasteiger partial charge in [0.2, 0.25) is 5.82 Å². The van der Waals surface area contributed by atoms with E-state index in [1.807, 2.05) is 6.07 Å². The minimum Gasteiger partial charge on any atom is -0.493 e. The van der Waals surface area contributed by atoms with E-state index in [2.05, 4.69) is 15.3 Å². The number of thioether (sulfide) groups is 1. The van der Waals surface area contributed by atoms with E-state index in [1.165, 1.54) is 49.0 Å². The summed E-state index contributed by atoms with van der Waals surface area (Å²) < 4.78 is 56.4. The van der Waals surface area contributed by atoms with E-state index in [1.54, 1.807) is 24.3 Å². The normalized spacial score (nSPS) is 16.6. The number of carboxylic acid groups (broad SMARTS) is 1. The number of aryl methyl sites for hydroxylation is 1. The van der Waals surface area contributed by atoms with Crippen LogP contribution >= 0.6 is 23.4 Å². The highest BCUT2D eigenvalue weighted by atomic mass is 35.5. The molecule has 9 nitrogen and oxygen atoms in total. The highest BCUT2D eigenvalue weighted by Gasteiger charge is 2.43. The van der Waals surface area contributed by atoms with Gasteiger partial charge in [0, 0.05) is 29.0 Å². The van der Waals surface area contributed by atoms with Crippen LogP contribution in [0.5, 0.6) is 11.5 Å². The summed E-state index contributed by atoms with van der Waals surface area (Å²) in [5, 5.41) is 20.2. The van der Waals surface area contributed by atoms with Crippen molar-refractivity contribution in [3.63, 3.8) is 0 Å². The second-order valence-corrected chi connectivity index (χ2v) is 10.7. The van der Waals surface area contributed by atoms with Crippen LogP contribution < -0.4 is 9.47 Å². The van der Waals surface area contributed by atoms with Gasteiger partial charge in [0.25, 0.3) is 0 Å². The molecule has 4 aromatic rings. The summed E-state index contributed by atoms with van der Waals surface area (Å²) in [5.41, 5.74) is 1.92. The predicted molar refractivity (Wildman–Crippen MR) is 141 cm³/mol. The average molecular weight is 594 g/mol. The van der Waals surface area contributed by atoms with E-state index in [0.29, 0.717) is 33.3 Å². The molecular weight excluding hydrogens is 571 g/mol. The van der Waals surface area contributed by atoms with Gasteiger partial charge in [-0.1, -0.05) is 23.7 Å². The van der Waals surface area contributed by atoms with Gasteiger partial charge in [0.1, 0.15) is 0 Å². The molecule has 0 bridgehead atoms. The first kappa shape index (κ1) is 27.8. The third-order valence-corrected chi connectivity index (χ3v) is 8.29. The molecule has 2 unspecified atom stereocenters. The van der Waals surface area contributed by atoms with Crippen molar-refractivity contribution in [1.29, 1.82) is 0 Å². The molecule has 1 aliphatic rings. The summed E-state index contributed by atoms with van der Waals surface area (Å²) in [5.74, 6) is -1.15. The number of para-hydroxylation sites is 1. The Morgan fingerprint density at radius 1 is 1.12 bits per heavy atom. The summed E-state index contributed by atoms with van der Waals surface area (Å²) in [6.45, 7) is 0.237. The van der Waals surface area contributed by atoms with Gasteiger partial charge in [-0.3, -0.25) is 14.0 Å². The number of methoxy groups -OCH3 is 2. The lowest BCUT2D eigenvalue weighted by Gasteiger charge is -2.24. The third-order valence-electron chi connectivity index (χ3n) is 6.50. The zero-order valence-electron chi connectivity index (χ0n) is 21.2. The predicted octanol–water partition coefficient (Wildman–Crippen LogP) is 5.75. The number of hydrogen-bond donors (Lipinski definition) is 1. The number of halogens is 4. The van der Waals surface area contributed by atoms with Crippen LogP contribution in [0.25, 0.3) is 5.69 Å². The van der Waals surface area contributed by atoms with Gasteiger partial charge in [-0.2, -0.15) is 18.3 Å². The molecular formula is C26H23ClF3N5O4S. The van der Waals surface area contributed by atoms with Crippen LogP contribution in [0.3, 0.4) is 0 Å². The minimum atomic E-state index is -4.78. The van der Waals surface area contributed by atoms with E-state index in [0.717, 1.165) is 4.57 Å². The molecule has 0 fully saturated rings. The number of carbonyl (C=O) groups is 1. The van der Waals surface area contributed by atoms with Crippen LogP contribution in [0.15, 0.2) is 48.7 Å². The molecule has 2 aromatic heterocycles. The minimum absolute atomic E-state index is 0.109. The van der Waals surface area contributed by atoms with E-state index in [-0.39, 0.29) is 30.9 Å². The van der Waals surface area contributed by atoms with Crippen LogP contribution in [0.4, 0.5) is 13.2 Å². The maximum Gasteiger partial charge on any atom is 0.452 e. The highest BCUT2D eigenvalue weighted by Crippen LogP contribution is 2.54. The van der Waals surface area contributed by atoms with E-state index < -0.39 is 28.5 Å². The van der Waals surface area contributed by atoms with Crippen LogP contribution in [0.1, 0.15) is 45.4 Å². The second-order valence-electron chi connectivity index (χ2n) is 8.91. The monoisotopic (exact) mass is 593 g/mol. The van der Waals surface area contributed by atoms with Crippen molar-refractivity contribution in [2.45, 2.75) is 36.1 Å². The third kappa shape index (κ3) is 5.22. The Labute approximate surface area is 235 Å². The molecule has 1 N–H and O–H groups in total. The van der Waals surface area contributed by atoms with Crippen LogP contribution in [-0.4, -0.2) is 49.8 Å². The first-order chi connectivity index (χ1) is 19.1. The molecule has 40 heavy (non-hydrogen) atoms. The zero-order chi connectivity index (χ0) is 28.6. The summed E-state index contributed by atoms with van der Waals surface area (Å²) in [7, 11) is 3.00. The zero-order valence-corrected chi connectivity index (χ0v) is 22.8. The molecule has 0 radical (unpaired) electrons. The van der Waals surface area contributed by atoms with E-state index in [9.17, 15) is 23.1 Å². The maximum absolute atomic E-state index is 14.2. The lowest BCUT2D eigenvalue weighted by molar-refractivity contribution is -0.146. The fourth-order valence-corrected chi connectivity index (χ4v) is 6.52. The second kappa shape index (κ2) is 11.0. The smallest absolute Gasteiger partial charge is 0.452 e. The number of carboxylic acids is 1. The van der Waals surface area contributed by atoms with Crippen LogP contribution in [0.2, 0.25) is 5.02 Å². The van der Waals surface area contributed by atoms with Gasteiger partial charge >= 0.3 is 12.1 Å². The van der Waals surface area contributed by atoms with Gasteiger partial charge in [0.15, 0.2) is 17.3 Å². The number of aromatic nitrogens is 5. The topological polar surface area (TPSA) is 104 Å². The van der Waals surface area contributed by atoms with E-state index >= 15 is 0 Å². The Bertz CT molecular complexity index is 1560. The number of nitrogens with zero attached hydrogens (tertiary/aromatic N) is 5. The van der Waals surface area contributed by atoms with Gasteiger partial charge < -0.3 is 14.6 Å². The van der Waals surface area contributed by atoms with Crippen molar-refractivity contribution < 1.29 is 32.5 Å². The van der Waals surface area contributed by atoms with Crippen LogP contribution in [-0.2, 0) is 23.9 Å². The lowest BCUT2D eigenvalue weighted by Crippen LogP contribution is -2.17. The molecule has 14 heteroatoms. The number of benzene rings is 2. The quantitative estimate of drug-likeness (QED) is 0.275. The molecule has 3 heterocycles. The number of rotatable bonds is 8. The largest absolute Gasteiger partial charge is 0.493 e. The molecule has 2 atom stereocenters. The van der Waals surface area contributed by atoms with Crippen molar-refractivity contribution in [1.82, 2.24) is 24.5 Å². The number of fused-ring (bicyclic) bond motifs is 3. The molecule has 5 rings (SSSR count). The number of ether oxygens (including phenoxy) is 2.